The first kappa shape index (κ1) is 21.3. The Hall–Kier alpha value is -4.02. The second kappa shape index (κ2) is 8.28. The predicted molar refractivity (Wildman–Crippen MR) is 125 cm³/mol. The molecule has 0 radical (unpaired) electrons. The van der Waals surface area contributed by atoms with Crippen LogP contribution in [0.2, 0.25) is 0 Å². The molecule has 2 aliphatic heterocycles. The minimum Gasteiger partial charge on any atom is -0.456 e. The van der Waals surface area contributed by atoms with Crippen LogP contribution < -0.4 is 4.74 Å². The molecule has 2 aromatic carbocycles. The molecule has 8 nitrogen and oxygen atoms in total. The van der Waals surface area contributed by atoms with Crippen LogP contribution in [0.5, 0.6) is 6.01 Å². The fourth-order valence-electron chi connectivity index (χ4n) is 4.87. The molecule has 0 bridgehead atoms. The van der Waals surface area contributed by atoms with Gasteiger partial charge in [0.25, 0.3) is 6.01 Å². The van der Waals surface area contributed by atoms with Gasteiger partial charge in [-0.3, -0.25) is 0 Å². The molecule has 3 atom stereocenters. The van der Waals surface area contributed by atoms with E-state index in [0.29, 0.717) is 36.1 Å². The molecule has 5 aromatic rings. The van der Waals surface area contributed by atoms with Crippen molar-refractivity contribution in [3.05, 3.63) is 66.5 Å². The Labute approximate surface area is 203 Å². The van der Waals surface area contributed by atoms with Crippen molar-refractivity contribution < 1.29 is 27.4 Å². The Morgan fingerprint density at radius 1 is 1.00 bits per heavy atom. The molecule has 182 valence electrons. The van der Waals surface area contributed by atoms with E-state index >= 15 is 8.78 Å². The van der Waals surface area contributed by atoms with Crippen LogP contribution >= 0.6 is 0 Å². The number of fused-ring (bicyclic) bond motifs is 2. The van der Waals surface area contributed by atoms with Crippen LogP contribution in [-0.2, 0) is 9.47 Å². The minimum absolute atomic E-state index is 0.000961. The van der Waals surface area contributed by atoms with Crippen molar-refractivity contribution in [2.45, 2.75) is 24.7 Å². The summed E-state index contributed by atoms with van der Waals surface area (Å²) in [5.74, 6) is 0.359. The highest BCUT2D eigenvalue weighted by molar-refractivity contribution is 5.84. The number of hydrogen-bond donors (Lipinski definition) is 2. The first-order valence-electron chi connectivity index (χ1n) is 11.6. The number of aromatic nitrogens is 4. The quantitative estimate of drug-likeness (QED) is 0.356. The first-order chi connectivity index (χ1) is 17.6. The van der Waals surface area contributed by atoms with Gasteiger partial charge in [-0.2, -0.15) is 4.98 Å². The number of nitrogens with zero attached hydrogens (tertiary/aromatic N) is 2. The lowest BCUT2D eigenvalue weighted by atomic mass is 10.0. The van der Waals surface area contributed by atoms with Crippen LogP contribution in [0, 0.1) is 11.6 Å². The summed E-state index contributed by atoms with van der Waals surface area (Å²) < 4.78 is 53.6. The fourth-order valence-corrected chi connectivity index (χ4v) is 4.87. The number of halogens is 2. The zero-order valence-corrected chi connectivity index (χ0v) is 18.8. The molecular weight excluding hydrogens is 470 g/mol. The number of ether oxygens (including phenoxy) is 3. The summed E-state index contributed by atoms with van der Waals surface area (Å²) in [6.07, 6.45) is 3.64. The lowest BCUT2D eigenvalue weighted by Crippen LogP contribution is -2.32. The fraction of sp³-hybridized carbons (Fsp3) is 0.231. The van der Waals surface area contributed by atoms with Crippen molar-refractivity contribution in [1.29, 1.82) is 0 Å². The number of imidazole rings is 2. The molecule has 2 N–H and O–H groups in total. The van der Waals surface area contributed by atoms with E-state index in [1.807, 2.05) is 12.1 Å². The average molecular weight is 490 g/mol. The number of benzene rings is 2. The van der Waals surface area contributed by atoms with Crippen molar-refractivity contribution in [2.24, 2.45) is 0 Å². The van der Waals surface area contributed by atoms with Crippen LogP contribution in [0.25, 0.3) is 45.1 Å². The van der Waals surface area contributed by atoms with Crippen LogP contribution in [0.15, 0.2) is 59.3 Å². The van der Waals surface area contributed by atoms with Crippen molar-refractivity contribution in [3.63, 3.8) is 0 Å². The molecular formula is C26H20F2N4O4. The highest BCUT2D eigenvalue weighted by atomic mass is 19.1. The summed E-state index contributed by atoms with van der Waals surface area (Å²) in [6.45, 7) is 0.974. The summed E-state index contributed by atoms with van der Waals surface area (Å²) >= 11 is 0. The summed E-state index contributed by atoms with van der Waals surface area (Å²) in [4.78, 5) is 14.3. The Morgan fingerprint density at radius 2 is 1.83 bits per heavy atom. The maximum Gasteiger partial charge on any atom is 0.295 e. The van der Waals surface area contributed by atoms with Gasteiger partial charge in [-0.25, -0.2) is 13.8 Å². The number of furan rings is 1. The third-order valence-corrected chi connectivity index (χ3v) is 6.63. The molecule has 2 saturated heterocycles. The molecule has 1 unspecified atom stereocenters. The van der Waals surface area contributed by atoms with Gasteiger partial charge in [0.15, 0.2) is 23.5 Å². The Morgan fingerprint density at radius 3 is 2.67 bits per heavy atom. The molecule has 5 heterocycles. The van der Waals surface area contributed by atoms with Gasteiger partial charge >= 0.3 is 0 Å². The van der Waals surface area contributed by atoms with E-state index in [1.54, 1.807) is 36.7 Å². The molecule has 7 rings (SSSR count). The van der Waals surface area contributed by atoms with Gasteiger partial charge in [-0.05, 0) is 24.1 Å². The van der Waals surface area contributed by atoms with E-state index in [4.69, 9.17) is 18.6 Å². The standard InChI is InChI=1S/C26H20F2N4O4/c27-15-11-16-23(32-26(31-16)36-20-12-34-18-7-10-33-24(18)20)22(28)21(15)14-3-1-13(2-4-14)17-5-6-19(35-17)25-29-8-9-30-25/h1-6,8-9,11,18,20,24H,7,10,12H2,(H,29,30)(H,31,32)/t18-,20?,24+/m1/s1. The molecule has 0 aliphatic carbocycles. The van der Waals surface area contributed by atoms with Crippen LogP contribution in [-0.4, -0.2) is 51.5 Å². The van der Waals surface area contributed by atoms with E-state index in [2.05, 4.69) is 19.9 Å². The lowest BCUT2D eigenvalue weighted by molar-refractivity contribution is 0.0273. The van der Waals surface area contributed by atoms with E-state index in [0.717, 1.165) is 12.0 Å². The van der Waals surface area contributed by atoms with E-state index < -0.39 is 11.6 Å². The first-order valence-corrected chi connectivity index (χ1v) is 11.6. The highest BCUT2D eigenvalue weighted by Crippen LogP contribution is 2.35. The van der Waals surface area contributed by atoms with Crippen molar-refractivity contribution in [2.75, 3.05) is 13.2 Å². The van der Waals surface area contributed by atoms with Crippen LogP contribution in [0.4, 0.5) is 8.78 Å². The third-order valence-electron chi connectivity index (χ3n) is 6.63. The average Bonchev–Trinajstić information content (AvgIpc) is 3.69. The number of rotatable bonds is 5. The molecule has 2 fully saturated rings. The van der Waals surface area contributed by atoms with Crippen molar-refractivity contribution >= 4 is 11.0 Å². The molecule has 2 aliphatic rings. The Balaban J connectivity index is 1.17. The topological polar surface area (TPSA) is 98.2 Å². The lowest BCUT2D eigenvalue weighted by Gasteiger charge is -2.15. The Kier molecular flexibility index (Phi) is 4.90. The number of aromatic amines is 2. The summed E-state index contributed by atoms with van der Waals surface area (Å²) in [5.41, 5.74) is 1.20. The maximum atomic E-state index is 15.5. The van der Waals surface area contributed by atoms with Gasteiger partial charge in [-0.15, -0.1) is 0 Å². The van der Waals surface area contributed by atoms with Gasteiger partial charge in [0, 0.05) is 30.6 Å². The van der Waals surface area contributed by atoms with Crippen molar-refractivity contribution in [3.8, 4) is 40.0 Å². The van der Waals surface area contributed by atoms with E-state index in [9.17, 15) is 0 Å². The molecule has 3 aromatic heterocycles. The Bertz CT molecular complexity index is 1540. The van der Waals surface area contributed by atoms with Gasteiger partial charge < -0.3 is 28.6 Å². The van der Waals surface area contributed by atoms with Gasteiger partial charge in [0.1, 0.15) is 23.2 Å². The largest absolute Gasteiger partial charge is 0.456 e. The third kappa shape index (κ3) is 3.49. The molecule has 0 spiro atoms. The van der Waals surface area contributed by atoms with Gasteiger partial charge in [-0.1, -0.05) is 24.3 Å². The summed E-state index contributed by atoms with van der Waals surface area (Å²) in [5, 5.41) is 0. The highest BCUT2D eigenvalue weighted by Gasteiger charge is 2.43. The summed E-state index contributed by atoms with van der Waals surface area (Å²) in [6, 6.07) is 11.8. The van der Waals surface area contributed by atoms with Crippen molar-refractivity contribution in [1.82, 2.24) is 19.9 Å². The smallest absolute Gasteiger partial charge is 0.295 e. The zero-order chi connectivity index (χ0) is 24.2. The minimum atomic E-state index is -0.764. The van der Waals surface area contributed by atoms with Gasteiger partial charge in [0.05, 0.1) is 23.8 Å². The zero-order valence-electron chi connectivity index (χ0n) is 18.8. The van der Waals surface area contributed by atoms with Crippen LogP contribution in [0.1, 0.15) is 6.42 Å². The molecule has 0 saturated carbocycles. The molecule has 10 heteroatoms. The monoisotopic (exact) mass is 490 g/mol. The van der Waals surface area contributed by atoms with Gasteiger partial charge in [0.2, 0.25) is 0 Å². The number of nitrogens with one attached hydrogen (secondary N) is 2. The number of H-pyrrole nitrogens is 2. The maximum absolute atomic E-state index is 15.5. The van der Waals surface area contributed by atoms with E-state index in [1.165, 1.54) is 6.07 Å². The predicted octanol–water partition coefficient (Wildman–Crippen LogP) is 5.09. The normalized spacial score (nSPS) is 21.3. The second-order valence-corrected chi connectivity index (χ2v) is 8.82. The second-order valence-electron chi connectivity index (χ2n) is 8.82. The summed E-state index contributed by atoms with van der Waals surface area (Å²) in [7, 11) is 0. The molecule has 0 amide bonds. The molecule has 36 heavy (non-hydrogen) atoms. The van der Waals surface area contributed by atoms with E-state index in [-0.39, 0.29) is 40.9 Å². The van der Waals surface area contributed by atoms with Crippen LogP contribution in [0.3, 0.4) is 0 Å². The number of hydrogen-bond acceptors (Lipinski definition) is 6. The SMILES string of the molecule is Fc1cc2[nH]c(OC3CO[C@@H]4CCO[C@H]34)nc2c(F)c1-c1ccc(-c2ccc(-c3ncc[nH]3)o2)cc1.